The van der Waals surface area contributed by atoms with Crippen LogP contribution in [0.3, 0.4) is 0 Å². The number of rotatable bonds is 8. The first kappa shape index (κ1) is 24.1. The standard InChI is InChI=1S/C26H30F2N4O4/c1-13-21(25(33)31-16-5-6-17(11-16)32-26(34)35)23-18(8-9-29-23)22(30-13)19-10-15(24(27)28)4-7-20(19)36-12-14-2-3-14/h4,7-10,14,16-17,22,24,29-30,32H,2-3,5-6,11-12H2,1H3,(H,31,33)(H,34,35)/t16-,17-,22?/m0/s1. The van der Waals surface area contributed by atoms with Gasteiger partial charge >= 0.3 is 6.09 Å². The van der Waals surface area contributed by atoms with Crippen LogP contribution in [-0.2, 0) is 4.79 Å². The number of fused-ring (bicyclic) bond motifs is 1. The molecule has 2 heterocycles. The Labute approximate surface area is 207 Å². The van der Waals surface area contributed by atoms with Crippen LogP contribution in [0.25, 0.3) is 5.57 Å². The smallest absolute Gasteiger partial charge is 0.404 e. The van der Waals surface area contributed by atoms with E-state index in [1.165, 1.54) is 12.1 Å². The Morgan fingerprint density at radius 3 is 2.56 bits per heavy atom. The molecule has 10 heteroatoms. The molecule has 2 aromatic rings. The number of carboxylic acid groups (broad SMARTS) is 1. The molecule has 2 saturated carbocycles. The zero-order valence-electron chi connectivity index (χ0n) is 19.9. The number of hydrogen-bond donors (Lipinski definition) is 5. The van der Waals surface area contributed by atoms with Crippen LogP contribution < -0.4 is 20.7 Å². The average molecular weight is 501 g/mol. The molecule has 3 atom stereocenters. The van der Waals surface area contributed by atoms with Crippen molar-refractivity contribution >= 4 is 17.6 Å². The number of carbonyl (C=O) groups excluding carboxylic acids is 1. The molecule has 1 aliphatic heterocycles. The van der Waals surface area contributed by atoms with Gasteiger partial charge < -0.3 is 30.8 Å². The van der Waals surface area contributed by atoms with Gasteiger partial charge in [0.15, 0.2) is 0 Å². The summed E-state index contributed by atoms with van der Waals surface area (Å²) in [6.45, 7) is 2.34. The van der Waals surface area contributed by atoms with Crippen LogP contribution in [0.4, 0.5) is 13.6 Å². The van der Waals surface area contributed by atoms with E-state index in [1.54, 1.807) is 19.2 Å². The third-order valence-corrected chi connectivity index (χ3v) is 7.17. The number of ether oxygens (including phenoxy) is 1. The third-order valence-electron chi connectivity index (χ3n) is 7.17. The van der Waals surface area contributed by atoms with Crippen molar-refractivity contribution in [2.45, 2.75) is 63.6 Å². The van der Waals surface area contributed by atoms with Gasteiger partial charge in [0.05, 0.1) is 23.9 Å². The molecular weight excluding hydrogens is 470 g/mol. The van der Waals surface area contributed by atoms with E-state index in [2.05, 4.69) is 20.9 Å². The van der Waals surface area contributed by atoms with Crippen LogP contribution in [0.5, 0.6) is 5.75 Å². The fraction of sp³-hybridized carbons (Fsp3) is 0.462. The topological polar surface area (TPSA) is 115 Å². The van der Waals surface area contributed by atoms with Crippen LogP contribution in [0.1, 0.15) is 73.9 Å². The normalized spacial score (nSPS) is 23.3. The lowest BCUT2D eigenvalue weighted by atomic mass is 9.89. The minimum atomic E-state index is -2.61. The SMILES string of the molecule is CC1=C(C(=O)N[C@H]2CC[C@H](NC(=O)O)C2)c2[nH]ccc2C(c2cc(C(F)F)ccc2OCC2CC2)N1. The van der Waals surface area contributed by atoms with E-state index in [4.69, 9.17) is 9.84 Å². The lowest BCUT2D eigenvalue weighted by molar-refractivity contribution is -0.116. The predicted molar refractivity (Wildman–Crippen MR) is 129 cm³/mol. The van der Waals surface area contributed by atoms with Gasteiger partial charge in [-0.2, -0.15) is 0 Å². The van der Waals surface area contributed by atoms with E-state index in [-0.39, 0.29) is 23.6 Å². The summed E-state index contributed by atoms with van der Waals surface area (Å²) in [5.74, 6) is 0.793. The molecule has 0 spiro atoms. The number of nitrogens with one attached hydrogen (secondary N) is 4. The molecule has 1 aromatic heterocycles. The summed E-state index contributed by atoms with van der Waals surface area (Å²) in [5, 5.41) is 17.8. The quantitative estimate of drug-likeness (QED) is 0.367. The van der Waals surface area contributed by atoms with Crippen molar-refractivity contribution in [3.8, 4) is 5.75 Å². The number of aromatic amines is 1. The summed E-state index contributed by atoms with van der Waals surface area (Å²) in [7, 11) is 0. The van der Waals surface area contributed by atoms with E-state index in [1.807, 2.05) is 6.07 Å². The van der Waals surface area contributed by atoms with Gasteiger partial charge in [0, 0.05) is 40.7 Å². The Kier molecular flexibility index (Phi) is 6.59. The van der Waals surface area contributed by atoms with Crippen LogP contribution in [0, 0.1) is 5.92 Å². The van der Waals surface area contributed by atoms with E-state index < -0.39 is 18.6 Å². The maximum atomic E-state index is 13.6. The van der Waals surface area contributed by atoms with Crippen LogP contribution in [0.2, 0.25) is 0 Å². The first-order chi connectivity index (χ1) is 17.3. The number of benzene rings is 1. The third kappa shape index (κ3) is 5.03. The van der Waals surface area contributed by atoms with E-state index in [0.29, 0.717) is 60.1 Å². The van der Waals surface area contributed by atoms with Gasteiger partial charge in [-0.1, -0.05) is 0 Å². The molecule has 5 rings (SSSR count). The molecule has 2 fully saturated rings. The van der Waals surface area contributed by atoms with Crippen molar-refractivity contribution in [3.63, 3.8) is 0 Å². The van der Waals surface area contributed by atoms with Crippen LogP contribution >= 0.6 is 0 Å². The van der Waals surface area contributed by atoms with Gasteiger partial charge in [0.25, 0.3) is 12.3 Å². The van der Waals surface area contributed by atoms with Gasteiger partial charge in [-0.05, 0) is 69.2 Å². The summed E-state index contributed by atoms with van der Waals surface area (Å²) in [5.41, 5.74) is 2.98. The Morgan fingerprint density at radius 1 is 1.11 bits per heavy atom. The molecular formula is C26H30F2N4O4. The Bertz CT molecular complexity index is 1190. The first-order valence-electron chi connectivity index (χ1n) is 12.3. The molecule has 2 amide bonds. The van der Waals surface area contributed by atoms with Crippen molar-refractivity contribution < 1.29 is 28.2 Å². The minimum absolute atomic E-state index is 0.0846. The molecule has 5 N–H and O–H groups in total. The highest BCUT2D eigenvalue weighted by Gasteiger charge is 2.34. The van der Waals surface area contributed by atoms with Crippen molar-refractivity contribution in [2.75, 3.05) is 6.61 Å². The molecule has 1 unspecified atom stereocenters. The highest BCUT2D eigenvalue weighted by molar-refractivity contribution is 6.20. The number of H-pyrrole nitrogens is 1. The molecule has 36 heavy (non-hydrogen) atoms. The van der Waals surface area contributed by atoms with Gasteiger partial charge in [-0.3, -0.25) is 4.79 Å². The number of alkyl halides is 2. The fourth-order valence-electron chi connectivity index (χ4n) is 5.15. The molecule has 8 nitrogen and oxygen atoms in total. The van der Waals surface area contributed by atoms with E-state index in [0.717, 1.165) is 18.4 Å². The van der Waals surface area contributed by atoms with Gasteiger partial charge in [-0.15, -0.1) is 0 Å². The Morgan fingerprint density at radius 2 is 1.86 bits per heavy atom. The van der Waals surface area contributed by atoms with E-state index >= 15 is 0 Å². The maximum Gasteiger partial charge on any atom is 0.404 e. The summed E-state index contributed by atoms with van der Waals surface area (Å²) in [6.07, 6.45) is 2.15. The Hall–Kier alpha value is -3.56. The minimum Gasteiger partial charge on any atom is -0.493 e. The molecule has 0 bridgehead atoms. The number of amides is 2. The largest absolute Gasteiger partial charge is 0.493 e. The zero-order chi connectivity index (χ0) is 25.4. The van der Waals surface area contributed by atoms with Crippen molar-refractivity contribution in [2.24, 2.45) is 5.92 Å². The summed E-state index contributed by atoms with van der Waals surface area (Å²) < 4.78 is 33.2. The molecule has 0 saturated heterocycles. The molecule has 1 aromatic carbocycles. The maximum absolute atomic E-state index is 13.6. The molecule has 2 aliphatic carbocycles. The molecule has 3 aliphatic rings. The van der Waals surface area contributed by atoms with E-state index in [9.17, 15) is 18.4 Å². The summed E-state index contributed by atoms with van der Waals surface area (Å²) >= 11 is 0. The highest BCUT2D eigenvalue weighted by Crippen LogP contribution is 2.41. The number of hydrogen-bond acceptors (Lipinski definition) is 4. The summed E-state index contributed by atoms with van der Waals surface area (Å²) in [4.78, 5) is 27.4. The lowest BCUT2D eigenvalue weighted by Gasteiger charge is -2.30. The second-order valence-corrected chi connectivity index (χ2v) is 9.87. The van der Waals surface area contributed by atoms with Crippen molar-refractivity contribution in [1.82, 2.24) is 20.9 Å². The predicted octanol–water partition coefficient (Wildman–Crippen LogP) is 4.47. The average Bonchev–Trinajstić information content (AvgIpc) is 3.36. The van der Waals surface area contributed by atoms with Crippen LogP contribution in [0.15, 0.2) is 36.2 Å². The lowest BCUT2D eigenvalue weighted by Crippen LogP contribution is -2.39. The van der Waals surface area contributed by atoms with Crippen molar-refractivity contribution in [1.29, 1.82) is 0 Å². The number of halogens is 2. The monoisotopic (exact) mass is 500 g/mol. The van der Waals surface area contributed by atoms with Gasteiger partial charge in [-0.25, -0.2) is 13.6 Å². The first-order valence-corrected chi connectivity index (χ1v) is 12.3. The number of carbonyl (C=O) groups is 2. The second-order valence-electron chi connectivity index (χ2n) is 9.87. The second kappa shape index (κ2) is 9.83. The molecule has 0 radical (unpaired) electrons. The fourth-order valence-corrected chi connectivity index (χ4v) is 5.15. The number of aromatic nitrogens is 1. The zero-order valence-corrected chi connectivity index (χ0v) is 19.9. The Balaban J connectivity index is 1.39. The molecule has 192 valence electrons. The van der Waals surface area contributed by atoms with Gasteiger partial charge in [0.2, 0.25) is 0 Å². The summed E-state index contributed by atoms with van der Waals surface area (Å²) in [6, 6.07) is 5.53. The highest BCUT2D eigenvalue weighted by atomic mass is 19.3. The number of allylic oxidation sites excluding steroid dienone is 1. The van der Waals surface area contributed by atoms with Crippen molar-refractivity contribution in [3.05, 3.63) is 58.5 Å². The van der Waals surface area contributed by atoms with Crippen LogP contribution in [-0.4, -0.2) is 40.8 Å². The van der Waals surface area contributed by atoms with Gasteiger partial charge in [0.1, 0.15) is 5.75 Å².